The Labute approximate surface area is 116 Å². The molecule has 0 amide bonds. The summed E-state index contributed by atoms with van der Waals surface area (Å²) in [5, 5.41) is 11.5. The van der Waals surface area contributed by atoms with Gasteiger partial charge in [0.1, 0.15) is 16.5 Å². The second-order valence-corrected chi connectivity index (χ2v) is 6.13. The van der Waals surface area contributed by atoms with E-state index in [1.165, 1.54) is 25.7 Å². The summed E-state index contributed by atoms with van der Waals surface area (Å²) in [5.74, 6) is 1.88. The molecule has 1 aliphatic carbocycles. The summed E-state index contributed by atoms with van der Waals surface area (Å²) in [6.07, 6.45) is 5.03. The zero-order valence-corrected chi connectivity index (χ0v) is 12.2. The second-order valence-electron chi connectivity index (χ2n) is 5.24. The van der Waals surface area contributed by atoms with Crippen LogP contribution in [0.3, 0.4) is 0 Å². The van der Waals surface area contributed by atoms with Gasteiger partial charge in [-0.3, -0.25) is 0 Å². The predicted octanol–water partition coefficient (Wildman–Crippen LogP) is 2.84. The molecule has 5 nitrogen and oxygen atoms in total. The third kappa shape index (κ3) is 2.30. The van der Waals surface area contributed by atoms with Gasteiger partial charge >= 0.3 is 0 Å². The lowest BCUT2D eigenvalue weighted by atomic mass is 10.2. The van der Waals surface area contributed by atoms with Crippen molar-refractivity contribution in [1.29, 1.82) is 0 Å². The van der Waals surface area contributed by atoms with Crippen molar-refractivity contribution in [3.63, 3.8) is 0 Å². The maximum Gasteiger partial charge on any atom is 0.183 e. The quantitative estimate of drug-likeness (QED) is 0.936. The summed E-state index contributed by atoms with van der Waals surface area (Å²) < 4.78 is 2.26. The van der Waals surface area contributed by atoms with Crippen molar-refractivity contribution in [3.8, 4) is 11.5 Å². The van der Waals surface area contributed by atoms with Crippen molar-refractivity contribution in [3.05, 3.63) is 16.2 Å². The van der Waals surface area contributed by atoms with E-state index in [4.69, 9.17) is 5.73 Å². The molecule has 1 fully saturated rings. The standard InChI is InChI=1S/C13H19N5S/c1-8(14)13-15-11(7-19-13)12-17-16-9(2)18(12)10-5-3-4-6-10/h7-8,10H,3-6,14H2,1-2H3. The van der Waals surface area contributed by atoms with Gasteiger partial charge in [-0.25, -0.2) is 4.98 Å². The van der Waals surface area contributed by atoms with Crippen molar-refractivity contribution in [2.45, 2.75) is 51.6 Å². The second kappa shape index (κ2) is 5.02. The first kappa shape index (κ1) is 12.7. The lowest BCUT2D eigenvalue weighted by Crippen LogP contribution is -2.09. The van der Waals surface area contributed by atoms with Crippen molar-refractivity contribution in [2.24, 2.45) is 5.73 Å². The van der Waals surface area contributed by atoms with E-state index < -0.39 is 0 Å². The number of rotatable bonds is 3. The zero-order valence-electron chi connectivity index (χ0n) is 11.3. The van der Waals surface area contributed by atoms with Gasteiger partial charge in [-0.15, -0.1) is 21.5 Å². The summed E-state index contributed by atoms with van der Waals surface area (Å²) in [5.41, 5.74) is 6.78. The molecule has 0 bridgehead atoms. The van der Waals surface area contributed by atoms with Crippen molar-refractivity contribution >= 4 is 11.3 Å². The third-order valence-electron chi connectivity index (χ3n) is 3.70. The van der Waals surface area contributed by atoms with E-state index in [9.17, 15) is 0 Å². The number of hydrogen-bond donors (Lipinski definition) is 1. The predicted molar refractivity (Wildman–Crippen MR) is 76.0 cm³/mol. The monoisotopic (exact) mass is 277 g/mol. The first-order chi connectivity index (χ1) is 9.16. The van der Waals surface area contributed by atoms with Crippen LogP contribution in [0.4, 0.5) is 0 Å². The molecule has 1 unspecified atom stereocenters. The number of nitrogens with zero attached hydrogens (tertiary/aromatic N) is 4. The van der Waals surface area contributed by atoms with Gasteiger partial charge in [0.15, 0.2) is 5.82 Å². The fraction of sp³-hybridized carbons (Fsp3) is 0.615. The van der Waals surface area contributed by atoms with Crippen molar-refractivity contribution < 1.29 is 0 Å². The minimum Gasteiger partial charge on any atom is -0.322 e. The molecule has 102 valence electrons. The normalized spacial score (nSPS) is 18.1. The molecule has 1 aliphatic rings. The van der Waals surface area contributed by atoms with Gasteiger partial charge in [0.25, 0.3) is 0 Å². The van der Waals surface area contributed by atoms with Crippen LogP contribution in [0.2, 0.25) is 0 Å². The van der Waals surface area contributed by atoms with Gasteiger partial charge in [0, 0.05) is 11.4 Å². The van der Waals surface area contributed by atoms with Crippen LogP contribution in [0.15, 0.2) is 5.38 Å². The summed E-state index contributed by atoms with van der Waals surface area (Å²) in [4.78, 5) is 4.60. The van der Waals surface area contributed by atoms with Crippen LogP contribution in [0, 0.1) is 6.92 Å². The molecule has 1 saturated carbocycles. The summed E-state index contributed by atoms with van der Waals surface area (Å²) in [7, 11) is 0. The van der Waals surface area contributed by atoms with Crippen molar-refractivity contribution in [1.82, 2.24) is 19.7 Å². The molecular weight excluding hydrogens is 258 g/mol. The van der Waals surface area contributed by atoms with E-state index >= 15 is 0 Å². The van der Waals surface area contributed by atoms with Gasteiger partial charge in [0.2, 0.25) is 0 Å². The highest BCUT2D eigenvalue weighted by Crippen LogP contribution is 2.34. The summed E-state index contributed by atoms with van der Waals surface area (Å²) in [6, 6.07) is 0.508. The van der Waals surface area contributed by atoms with Gasteiger partial charge in [-0.05, 0) is 26.7 Å². The Kier molecular flexibility index (Phi) is 3.36. The third-order valence-corrected chi connectivity index (χ3v) is 4.74. The minimum atomic E-state index is -0.0253. The molecule has 2 N–H and O–H groups in total. The molecule has 0 aliphatic heterocycles. The fourth-order valence-corrected chi connectivity index (χ4v) is 3.50. The molecule has 0 spiro atoms. The topological polar surface area (TPSA) is 69.6 Å². The summed E-state index contributed by atoms with van der Waals surface area (Å²) in [6.45, 7) is 3.98. The Bertz CT molecular complexity index is 565. The van der Waals surface area contributed by atoms with Gasteiger partial charge < -0.3 is 10.3 Å². The maximum atomic E-state index is 5.88. The molecule has 1 atom stereocenters. The Hall–Kier alpha value is -1.27. The average Bonchev–Trinajstić information content (AvgIpc) is 3.07. The Morgan fingerprint density at radius 2 is 2.11 bits per heavy atom. The molecular formula is C13H19N5S. The van der Waals surface area contributed by atoms with Crippen LogP contribution in [0.1, 0.15) is 55.5 Å². The average molecular weight is 277 g/mol. The Balaban J connectivity index is 1.99. The van der Waals surface area contributed by atoms with E-state index in [1.54, 1.807) is 11.3 Å². The van der Waals surface area contributed by atoms with Gasteiger partial charge in [-0.1, -0.05) is 12.8 Å². The highest BCUT2D eigenvalue weighted by atomic mass is 32.1. The smallest absolute Gasteiger partial charge is 0.183 e. The molecule has 2 heterocycles. The molecule has 0 radical (unpaired) electrons. The SMILES string of the molecule is Cc1nnc(-c2csc(C(C)N)n2)n1C1CCCC1. The van der Waals surface area contributed by atoms with E-state index in [0.717, 1.165) is 22.4 Å². The molecule has 6 heteroatoms. The highest BCUT2D eigenvalue weighted by Gasteiger charge is 2.24. The van der Waals surface area contributed by atoms with E-state index in [0.29, 0.717) is 6.04 Å². The molecule has 0 saturated heterocycles. The van der Waals surface area contributed by atoms with Crippen LogP contribution >= 0.6 is 11.3 Å². The van der Waals surface area contributed by atoms with Crippen molar-refractivity contribution in [2.75, 3.05) is 0 Å². The highest BCUT2D eigenvalue weighted by molar-refractivity contribution is 7.10. The minimum absolute atomic E-state index is 0.0253. The molecule has 0 aromatic carbocycles. The van der Waals surface area contributed by atoms with Crippen LogP contribution in [0.5, 0.6) is 0 Å². The largest absolute Gasteiger partial charge is 0.322 e. The lowest BCUT2D eigenvalue weighted by molar-refractivity contribution is 0.510. The van der Waals surface area contributed by atoms with E-state index in [-0.39, 0.29) is 6.04 Å². The first-order valence-electron chi connectivity index (χ1n) is 6.79. The molecule has 2 aromatic heterocycles. The van der Waals surface area contributed by atoms with Crippen LogP contribution < -0.4 is 5.73 Å². The van der Waals surface area contributed by atoms with E-state index in [2.05, 4.69) is 19.7 Å². The number of aryl methyl sites for hydroxylation is 1. The lowest BCUT2D eigenvalue weighted by Gasteiger charge is -2.14. The summed E-state index contributed by atoms with van der Waals surface area (Å²) >= 11 is 1.60. The molecule has 3 rings (SSSR count). The van der Waals surface area contributed by atoms with Crippen LogP contribution in [-0.4, -0.2) is 19.7 Å². The van der Waals surface area contributed by atoms with Crippen LogP contribution in [-0.2, 0) is 0 Å². The molecule has 2 aromatic rings. The maximum absolute atomic E-state index is 5.88. The zero-order chi connectivity index (χ0) is 13.4. The Morgan fingerprint density at radius 1 is 1.37 bits per heavy atom. The number of aromatic nitrogens is 4. The van der Waals surface area contributed by atoms with E-state index in [1.807, 2.05) is 19.2 Å². The van der Waals surface area contributed by atoms with Crippen LogP contribution in [0.25, 0.3) is 11.5 Å². The number of thiazole rings is 1. The Morgan fingerprint density at radius 3 is 2.74 bits per heavy atom. The number of nitrogens with two attached hydrogens (primary N) is 1. The van der Waals surface area contributed by atoms with Gasteiger partial charge in [-0.2, -0.15) is 0 Å². The molecule has 19 heavy (non-hydrogen) atoms. The fourth-order valence-electron chi connectivity index (χ4n) is 2.74. The number of hydrogen-bond acceptors (Lipinski definition) is 5. The first-order valence-corrected chi connectivity index (χ1v) is 7.67. The van der Waals surface area contributed by atoms with Gasteiger partial charge in [0.05, 0.1) is 6.04 Å².